The van der Waals surface area contributed by atoms with Gasteiger partial charge < -0.3 is 18.6 Å². The van der Waals surface area contributed by atoms with Crippen molar-refractivity contribution in [3.8, 4) is 0 Å². The number of furan rings is 1. The van der Waals surface area contributed by atoms with E-state index in [2.05, 4.69) is 11.6 Å². The zero-order valence-corrected chi connectivity index (χ0v) is 18.1. The van der Waals surface area contributed by atoms with Gasteiger partial charge in [0, 0.05) is 20.2 Å². The van der Waals surface area contributed by atoms with E-state index in [0.29, 0.717) is 24.4 Å². The van der Waals surface area contributed by atoms with E-state index in [1.807, 2.05) is 6.07 Å². The van der Waals surface area contributed by atoms with Crippen molar-refractivity contribution in [2.75, 3.05) is 20.3 Å². The van der Waals surface area contributed by atoms with E-state index in [0.717, 1.165) is 0 Å². The van der Waals surface area contributed by atoms with Crippen LogP contribution < -0.4 is 0 Å². The molecule has 0 bridgehead atoms. The largest absolute Gasteiger partial charge is 0.459 e. The third-order valence-electron chi connectivity index (χ3n) is 4.63. The van der Waals surface area contributed by atoms with Gasteiger partial charge in [-0.1, -0.05) is 36.4 Å². The highest BCUT2D eigenvalue weighted by Crippen LogP contribution is 2.19. The van der Waals surface area contributed by atoms with Crippen LogP contribution >= 0.6 is 0 Å². The van der Waals surface area contributed by atoms with Gasteiger partial charge >= 0.3 is 0 Å². The number of carbonyl (C=O) groups is 1. The molecule has 0 aliphatic heterocycles. The minimum absolute atomic E-state index is 0.0524. The number of imidazole rings is 1. The molecule has 0 aliphatic carbocycles. The zero-order valence-electron chi connectivity index (χ0n) is 17.3. The molecule has 0 spiro atoms. The zero-order chi connectivity index (χ0) is 22.3. The maximum absolute atomic E-state index is 13.1. The second kappa shape index (κ2) is 10.2. The monoisotopic (exact) mass is 443 g/mol. The number of carbonyl (C=O) groups excluding carboxylic acids is 1. The summed E-state index contributed by atoms with van der Waals surface area (Å²) in [5.74, 6) is -0.287. The molecular formula is C22H25N3O5S. The Labute approximate surface area is 181 Å². The molecule has 0 saturated carbocycles. The molecule has 9 heteroatoms. The second-order valence-corrected chi connectivity index (χ2v) is 8.76. The van der Waals surface area contributed by atoms with Crippen molar-refractivity contribution in [2.45, 2.75) is 24.0 Å². The number of hydrogen-bond acceptors (Lipinski definition) is 6. The fourth-order valence-corrected chi connectivity index (χ4v) is 4.66. The molecule has 3 aromatic rings. The first-order valence-electron chi connectivity index (χ1n) is 9.70. The summed E-state index contributed by atoms with van der Waals surface area (Å²) in [5.41, 5.74) is 1.24. The van der Waals surface area contributed by atoms with Gasteiger partial charge in [-0.25, -0.2) is 13.4 Å². The van der Waals surface area contributed by atoms with Crippen molar-refractivity contribution >= 4 is 15.7 Å². The van der Waals surface area contributed by atoms with Crippen molar-refractivity contribution in [3.05, 3.63) is 84.6 Å². The van der Waals surface area contributed by atoms with Gasteiger partial charge in [0.05, 0.1) is 37.1 Å². The molecule has 0 fully saturated rings. The summed E-state index contributed by atoms with van der Waals surface area (Å²) in [7, 11) is -2.16. The maximum atomic E-state index is 13.1. The molecule has 0 atom stereocenters. The van der Waals surface area contributed by atoms with Gasteiger partial charge in [-0.3, -0.25) is 4.79 Å². The third kappa shape index (κ3) is 5.50. The van der Waals surface area contributed by atoms with Gasteiger partial charge in [0.2, 0.25) is 15.0 Å². The number of allylic oxidation sites excluding steroid dienone is 1. The molecule has 3 rings (SSSR count). The molecular weight excluding hydrogens is 418 g/mol. The first kappa shape index (κ1) is 22.5. The molecule has 0 N–H and O–H groups in total. The Morgan fingerprint density at radius 2 is 2.03 bits per heavy atom. The SMILES string of the molecule is C=CCn1c(CN(CCOC)C(=O)c2ccco2)cnc1S(=O)(=O)Cc1ccccc1. The highest BCUT2D eigenvalue weighted by molar-refractivity contribution is 7.90. The van der Waals surface area contributed by atoms with Crippen LogP contribution in [0.2, 0.25) is 0 Å². The molecule has 0 unspecified atom stereocenters. The van der Waals surface area contributed by atoms with Crippen molar-refractivity contribution in [1.29, 1.82) is 0 Å². The molecule has 0 radical (unpaired) electrons. The number of aromatic nitrogens is 2. The van der Waals surface area contributed by atoms with Crippen LogP contribution in [0.4, 0.5) is 0 Å². The predicted octanol–water partition coefficient (Wildman–Crippen LogP) is 2.92. The lowest BCUT2D eigenvalue weighted by Crippen LogP contribution is -2.34. The number of methoxy groups -OCH3 is 1. The summed E-state index contributed by atoms with van der Waals surface area (Å²) in [4.78, 5) is 18.6. The lowest BCUT2D eigenvalue weighted by atomic mass is 10.2. The summed E-state index contributed by atoms with van der Waals surface area (Å²) >= 11 is 0. The van der Waals surface area contributed by atoms with E-state index >= 15 is 0 Å². The third-order valence-corrected chi connectivity index (χ3v) is 6.22. The smallest absolute Gasteiger partial charge is 0.289 e. The van der Waals surface area contributed by atoms with E-state index in [9.17, 15) is 13.2 Å². The van der Waals surface area contributed by atoms with E-state index in [-0.39, 0.29) is 35.7 Å². The van der Waals surface area contributed by atoms with Gasteiger partial charge in [-0.05, 0) is 17.7 Å². The quantitative estimate of drug-likeness (QED) is 0.423. The van der Waals surface area contributed by atoms with Crippen molar-refractivity contribution in [2.24, 2.45) is 0 Å². The summed E-state index contributed by atoms with van der Waals surface area (Å²) < 4.78 is 38.0. The number of ether oxygens (including phenoxy) is 1. The van der Waals surface area contributed by atoms with Crippen LogP contribution in [0.5, 0.6) is 0 Å². The van der Waals surface area contributed by atoms with Gasteiger partial charge in [-0.15, -0.1) is 6.58 Å². The average molecular weight is 444 g/mol. The summed E-state index contributed by atoms with van der Waals surface area (Å²) in [6.45, 7) is 4.74. The summed E-state index contributed by atoms with van der Waals surface area (Å²) in [5, 5.41) is -0.0524. The first-order valence-corrected chi connectivity index (χ1v) is 11.3. The fraction of sp³-hybridized carbons (Fsp3) is 0.273. The molecule has 1 aromatic carbocycles. The summed E-state index contributed by atoms with van der Waals surface area (Å²) in [6, 6.07) is 12.1. The Morgan fingerprint density at radius 3 is 2.68 bits per heavy atom. The normalized spacial score (nSPS) is 11.4. The average Bonchev–Trinajstić information content (AvgIpc) is 3.42. The lowest BCUT2D eigenvalue weighted by Gasteiger charge is -2.22. The van der Waals surface area contributed by atoms with E-state index < -0.39 is 9.84 Å². The van der Waals surface area contributed by atoms with Crippen molar-refractivity contribution in [3.63, 3.8) is 0 Å². The number of nitrogens with zero attached hydrogens (tertiary/aromatic N) is 3. The maximum Gasteiger partial charge on any atom is 0.289 e. The van der Waals surface area contributed by atoms with Crippen LogP contribution in [-0.2, 0) is 33.4 Å². The van der Waals surface area contributed by atoms with E-state index in [1.54, 1.807) is 54.2 Å². The highest BCUT2D eigenvalue weighted by Gasteiger charge is 2.26. The number of benzene rings is 1. The van der Waals surface area contributed by atoms with Crippen LogP contribution in [0, 0.1) is 0 Å². The molecule has 2 aromatic heterocycles. The Kier molecular flexibility index (Phi) is 7.43. The molecule has 0 saturated heterocycles. The molecule has 0 aliphatic rings. The molecule has 31 heavy (non-hydrogen) atoms. The van der Waals surface area contributed by atoms with E-state index in [4.69, 9.17) is 9.15 Å². The summed E-state index contributed by atoms with van der Waals surface area (Å²) in [6.07, 6.45) is 4.51. The topological polar surface area (TPSA) is 94.6 Å². The van der Waals surface area contributed by atoms with Gasteiger partial charge in [0.25, 0.3) is 5.91 Å². The minimum Gasteiger partial charge on any atom is -0.459 e. The van der Waals surface area contributed by atoms with Crippen LogP contribution in [0.15, 0.2) is 77.2 Å². The fourth-order valence-electron chi connectivity index (χ4n) is 3.15. The molecule has 2 heterocycles. The van der Waals surface area contributed by atoms with Gasteiger partial charge in [0.15, 0.2) is 5.76 Å². The Bertz CT molecular complexity index is 1110. The Morgan fingerprint density at radius 1 is 1.26 bits per heavy atom. The minimum atomic E-state index is -3.70. The van der Waals surface area contributed by atoms with E-state index in [1.165, 1.54) is 17.4 Å². The number of hydrogen-bond donors (Lipinski definition) is 0. The van der Waals surface area contributed by atoms with Crippen molar-refractivity contribution in [1.82, 2.24) is 14.5 Å². The van der Waals surface area contributed by atoms with Crippen LogP contribution in [0.3, 0.4) is 0 Å². The van der Waals surface area contributed by atoms with Crippen LogP contribution in [-0.4, -0.2) is 49.0 Å². The van der Waals surface area contributed by atoms with Gasteiger partial charge in [0.1, 0.15) is 0 Å². The number of rotatable bonds is 11. The lowest BCUT2D eigenvalue weighted by molar-refractivity contribution is 0.0644. The van der Waals surface area contributed by atoms with Crippen molar-refractivity contribution < 1.29 is 22.4 Å². The Hall–Kier alpha value is -3.17. The second-order valence-electron chi connectivity index (χ2n) is 6.87. The molecule has 1 amide bonds. The predicted molar refractivity (Wildman–Crippen MR) is 115 cm³/mol. The molecule has 8 nitrogen and oxygen atoms in total. The first-order chi connectivity index (χ1) is 15.0. The van der Waals surface area contributed by atoms with Crippen LogP contribution in [0.25, 0.3) is 0 Å². The van der Waals surface area contributed by atoms with Gasteiger partial charge in [-0.2, -0.15) is 0 Å². The number of sulfone groups is 1. The highest BCUT2D eigenvalue weighted by atomic mass is 32.2. The standard InChI is InChI=1S/C22H25N3O5S/c1-3-11-25-19(16-24(12-14-29-2)21(26)20-10-7-13-30-20)15-23-22(25)31(27,28)17-18-8-5-4-6-9-18/h3-10,13,15H,1,11-12,14,16-17H2,2H3. The van der Waals surface area contributed by atoms with Crippen LogP contribution in [0.1, 0.15) is 21.8 Å². The number of amides is 1. The molecule has 164 valence electrons. The Balaban J connectivity index is 1.90.